The lowest BCUT2D eigenvalue weighted by molar-refractivity contribution is -0.704. The lowest BCUT2D eigenvalue weighted by atomic mass is 10.2. The number of aromatic carboxylic acids is 1. The Morgan fingerprint density at radius 1 is 1.21 bits per heavy atom. The van der Waals surface area contributed by atoms with Gasteiger partial charge in [-0.15, -0.1) is 0 Å². The third-order valence-electron chi connectivity index (χ3n) is 3.75. The number of aromatic nitrogens is 2. The fraction of sp³-hybridized carbons (Fsp3) is 0.111. The monoisotopic (exact) mass is 402 g/mol. The number of aromatic amines is 1. The summed E-state index contributed by atoms with van der Waals surface area (Å²) in [6, 6.07) is 11.1. The first-order valence-electron chi connectivity index (χ1n) is 8.04. The van der Waals surface area contributed by atoms with Gasteiger partial charge in [-0.05, 0) is 46.8 Å². The van der Waals surface area contributed by atoms with E-state index in [1.165, 1.54) is 16.8 Å². The summed E-state index contributed by atoms with van der Waals surface area (Å²) < 4.78 is 6.26. The van der Waals surface area contributed by atoms with Gasteiger partial charge in [0.25, 0.3) is 0 Å². The molecule has 10 heteroatoms. The molecule has 0 atom stereocenters. The number of carboxylic acids is 1. The minimum atomic E-state index is -1.31. The van der Waals surface area contributed by atoms with Gasteiger partial charge in [-0.25, -0.2) is 9.59 Å². The van der Waals surface area contributed by atoms with Crippen LogP contribution in [0.25, 0.3) is 5.69 Å². The van der Waals surface area contributed by atoms with Crippen LogP contribution in [-0.2, 0) is 4.79 Å². The Hall–Kier alpha value is -3.53. The molecule has 0 spiro atoms. The Kier molecular flexibility index (Phi) is 5.50. The number of nitrogens with zero attached hydrogens (tertiary/aromatic N) is 1. The van der Waals surface area contributed by atoms with E-state index >= 15 is 0 Å². The zero-order valence-electron chi connectivity index (χ0n) is 14.6. The molecular formula is C18H16N3O6S+. The number of carboxylic acid groups (broad SMARTS) is 1. The third kappa shape index (κ3) is 4.23. The number of anilines is 1. The van der Waals surface area contributed by atoms with Crippen LogP contribution >= 0.6 is 11.8 Å². The molecule has 0 radical (unpaired) electrons. The van der Waals surface area contributed by atoms with E-state index in [4.69, 9.17) is 9.63 Å². The van der Waals surface area contributed by atoms with Gasteiger partial charge in [0, 0.05) is 17.8 Å². The summed E-state index contributed by atoms with van der Waals surface area (Å²) in [4.78, 5) is 35.2. The topological polar surface area (TPSA) is 137 Å². The molecule has 4 N–H and O–H groups in total. The Morgan fingerprint density at radius 2 is 1.93 bits per heavy atom. The normalized spacial score (nSPS) is 10.6. The van der Waals surface area contributed by atoms with Gasteiger partial charge in [-0.2, -0.15) is 0 Å². The average Bonchev–Trinajstić information content (AvgIpc) is 3.02. The molecule has 2 aromatic carbocycles. The fourth-order valence-corrected chi connectivity index (χ4v) is 3.14. The van der Waals surface area contributed by atoms with E-state index < -0.39 is 23.3 Å². The van der Waals surface area contributed by atoms with Gasteiger partial charge in [0.1, 0.15) is 11.3 Å². The van der Waals surface area contributed by atoms with Crippen molar-refractivity contribution in [2.24, 2.45) is 0 Å². The molecule has 0 aliphatic rings. The van der Waals surface area contributed by atoms with Crippen LogP contribution < -0.4 is 15.6 Å². The maximum Gasteiger partial charge on any atom is 0.442 e. The quantitative estimate of drug-likeness (QED) is 0.280. The van der Waals surface area contributed by atoms with Gasteiger partial charge in [0.2, 0.25) is 11.6 Å². The first-order valence-corrected chi connectivity index (χ1v) is 9.03. The maximum atomic E-state index is 12.2. The van der Waals surface area contributed by atoms with E-state index in [9.17, 15) is 19.5 Å². The van der Waals surface area contributed by atoms with Crippen LogP contribution in [0.2, 0.25) is 0 Å². The highest BCUT2D eigenvalue weighted by atomic mass is 32.2. The van der Waals surface area contributed by atoms with Gasteiger partial charge in [-0.1, -0.05) is 17.7 Å². The first-order chi connectivity index (χ1) is 13.3. The van der Waals surface area contributed by atoms with Crippen molar-refractivity contribution in [3.05, 3.63) is 64.0 Å². The maximum absolute atomic E-state index is 12.2. The number of H-pyrrole nitrogens is 1. The molecule has 0 saturated heterocycles. The van der Waals surface area contributed by atoms with Crippen LogP contribution in [0.1, 0.15) is 15.9 Å². The number of rotatable bonds is 6. The molecule has 0 aliphatic heterocycles. The molecule has 1 heterocycles. The van der Waals surface area contributed by atoms with Crippen molar-refractivity contribution >= 4 is 29.3 Å². The summed E-state index contributed by atoms with van der Waals surface area (Å²) in [6.45, 7) is 1.94. The lowest BCUT2D eigenvalue weighted by Gasteiger charge is -2.06. The highest BCUT2D eigenvalue weighted by Crippen LogP contribution is 2.22. The van der Waals surface area contributed by atoms with Crippen molar-refractivity contribution in [2.75, 3.05) is 11.1 Å². The van der Waals surface area contributed by atoms with E-state index in [0.717, 1.165) is 23.4 Å². The molecule has 0 saturated carbocycles. The van der Waals surface area contributed by atoms with Crippen molar-refractivity contribution in [3.8, 4) is 11.4 Å². The summed E-state index contributed by atoms with van der Waals surface area (Å²) >= 11 is 0.968. The molecule has 3 aromatic rings. The number of aryl methyl sites for hydroxylation is 1. The Labute approximate surface area is 162 Å². The van der Waals surface area contributed by atoms with Gasteiger partial charge >= 0.3 is 16.6 Å². The van der Waals surface area contributed by atoms with Crippen molar-refractivity contribution in [1.82, 2.24) is 5.27 Å². The summed E-state index contributed by atoms with van der Waals surface area (Å²) in [5, 5.41) is 23.7. The second-order valence-electron chi connectivity index (χ2n) is 5.83. The molecule has 0 aliphatic carbocycles. The minimum Gasteiger partial charge on any atom is -0.507 e. The number of benzene rings is 2. The highest BCUT2D eigenvalue weighted by molar-refractivity contribution is 7.99. The van der Waals surface area contributed by atoms with E-state index in [1.54, 1.807) is 12.1 Å². The fourth-order valence-electron chi connectivity index (χ4n) is 2.37. The Bertz CT molecular complexity index is 1090. The number of thioether (sulfide) groups is 1. The highest BCUT2D eigenvalue weighted by Gasteiger charge is 2.25. The minimum absolute atomic E-state index is 0.113. The third-order valence-corrected chi connectivity index (χ3v) is 4.78. The number of carbonyl (C=O) groups is 2. The van der Waals surface area contributed by atoms with E-state index in [1.807, 2.05) is 19.1 Å². The summed E-state index contributed by atoms with van der Waals surface area (Å²) in [5.74, 6) is -2.28. The average molecular weight is 402 g/mol. The van der Waals surface area contributed by atoms with Crippen LogP contribution in [0.15, 0.2) is 56.8 Å². The number of carbonyl (C=O) groups excluding carboxylic acids is 1. The van der Waals surface area contributed by atoms with Crippen molar-refractivity contribution < 1.29 is 29.0 Å². The predicted octanol–water partition coefficient (Wildman–Crippen LogP) is 1.69. The molecule has 1 aromatic heterocycles. The van der Waals surface area contributed by atoms with Crippen LogP contribution in [0.4, 0.5) is 5.69 Å². The molecule has 0 unspecified atom stereocenters. The number of amides is 1. The second kappa shape index (κ2) is 8.01. The molecule has 144 valence electrons. The van der Waals surface area contributed by atoms with Crippen LogP contribution in [0, 0.1) is 6.92 Å². The Morgan fingerprint density at radius 3 is 2.61 bits per heavy atom. The van der Waals surface area contributed by atoms with Crippen LogP contribution in [-0.4, -0.2) is 33.1 Å². The van der Waals surface area contributed by atoms with E-state index in [2.05, 4.69) is 10.6 Å². The van der Waals surface area contributed by atoms with Gasteiger partial charge in [0.15, 0.2) is 0 Å². The largest absolute Gasteiger partial charge is 0.507 e. The molecular weight excluding hydrogens is 386 g/mol. The number of phenols is 1. The van der Waals surface area contributed by atoms with E-state index in [-0.39, 0.29) is 22.0 Å². The molecule has 9 nitrogen and oxygen atoms in total. The molecule has 1 amide bonds. The van der Waals surface area contributed by atoms with Gasteiger partial charge < -0.3 is 15.5 Å². The second-order valence-corrected chi connectivity index (χ2v) is 6.79. The lowest BCUT2D eigenvalue weighted by Crippen LogP contribution is -2.36. The first kappa shape index (κ1) is 19.2. The predicted molar refractivity (Wildman–Crippen MR) is 100 cm³/mol. The van der Waals surface area contributed by atoms with Gasteiger partial charge in [-0.3, -0.25) is 9.32 Å². The smallest absolute Gasteiger partial charge is 0.442 e. The number of nitrogens with one attached hydrogen (secondary N) is 2. The molecule has 3 rings (SSSR count). The van der Waals surface area contributed by atoms with Crippen molar-refractivity contribution in [2.45, 2.75) is 11.9 Å². The Balaban J connectivity index is 1.71. The van der Waals surface area contributed by atoms with E-state index in [0.29, 0.717) is 5.69 Å². The number of hydrogen-bond acceptors (Lipinski definition) is 6. The number of hydrogen-bond donors (Lipinski definition) is 4. The zero-order valence-corrected chi connectivity index (χ0v) is 15.4. The number of aromatic hydroxyl groups is 1. The summed E-state index contributed by atoms with van der Waals surface area (Å²) in [5.41, 5.74) is 1.00. The van der Waals surface area contributed by atoms with Gasteiger partial charge in [0.05, 0.1) is 5.75 Å². The van der Waals surface area contributed by atoms with Crippen molar-refractivity contribution in [1.29, 1.82) is 0 Å². The molecule has 0 fully saturated rings. The van der Waals surface area contributed by atoms with Crippen molar-refractivity contribution in [3.63, 3.8) is 0 Å². The molecule has 0 bridgehead atoms. The SMILES string of the molecule is Cc1ccc(-[n+]2[nH]oc(=O)c2SCC(=O)Nc2ccc(O)c(C(=O)O)c2)cc1. The zero-order chi connectivity index (χ0) is 20.3. The summed E-state index contributed by atoms with van der Waals surface area (Å²) in [6.07, 6.45) is 0. The van der Waals surface area contributed by atoms with Crippen LogP contribution in [0.3, 0.4) is 0 Å². The van der Waals surface area contributed by atoms with Crippen LogP contribution in [0.5, 0.6) is 5.75 Å². The summed E-state index contributed by atoms with van der Waals surface area (Å²) in [7, 11) is 0. The molecule has 28 heavy (non-hydrogen) atoms. The standard InChI is InChI=1S/C18H15N3O6S/c1-10-2-5-12(6-3-10)21-16(18(26)27-20-21)28-9-15(23)19-11-4-7-14(22)13(8-11)17(24)25/h2-8,20H,9H2,1H3,(H2,24,25,26)/p+1.